The molecule has 0 saturated carbocycles. The molecule has 3 heteroatoms. The van der Waals surface area contributed by atoms with E-state index in [1.807, 2.05) is 0 Å². The summed E-state index contributed by atoms with van der Waals surface area (Å²) >= 11 is 0. The Labute approximate surface area is 99.7 Å². The highest BCUT2D eigenvalue weighted by Gasteiger charge is 2.37. The standard InChI is InChI=1S/C13H26N2O/c1-11(2)15-9-12-4-5-14(6-7-16-3)8-13(12)10-15/h11-13H,4-10H2,1-3H3. The minimum absolute atomic E-state index is 0.720. The third kappa shape index (κ3) is 2.76. The number of likely N-dealkylation sites (tertiary alicyclic amines) is 2. The average Bonchev–Trinajstić information content (AvgIpc) is 2.69. The lowest BCUT2D eigenvalue weighted by Crippen LogP contribution is -2.41. The van der Waals surface area contributed by atoms with Crippen LogP contribution >= 0.6 is 0 Å². The SMILES string of the molecule is COCCN1CCC2CN(C(C)C)CC2C1. The molecule has 0 radical (unpaired) electrons. The summed E-state index contributed by atoms with van der Waals surface area (Å²) in [6, 6.07) is 0.720. The molecule has 2 saturated heterocycles. The summed E-state index contributed by atoms with van der Waals surface area (Å²) in [6.07, 6.45) is 1.39. The van der Waals surface area contributed by atoms with Crippen molar-refractivity contribution in [1.82, 2.24) is 9.80 Å². The van der Waals surface area contributed by atoms with Crippen LogP contribution in [0.1, 0.15) is 20.3 Å². The van der Waals surface area contributed by atoms with Crippen molar-refractivity contribution in [2.24, 2.45) is 11.8 Å². The molecule has 2 fully saturated rings. The van der Waals surface area contributed by atoms with Gasteiger partial charge in [-0.2, -0.15) is 0 Å². The maximum absolute atomic E-state index is 5.16. The monoisotopic (exact) mass is 226 g/mol. The molecule has 0 bridgehead atoms. The maximum Gasteiger partial charge on any atom is 0.0589 e. The van der Waals surface area contributed by atoms with Gasteiger partial charge in [-0.1, -0.05) is 0 Å². The lowest BCUT2D eigenvalue weighted by atomic mass is 9.89. The molecule has 0 aliphatic carbocycles. The van der Waals surface area contributed by atoms with E-state index in [1.165, 1.54) is 32.6 Å². The number of methoxy groups -OCH3 is 1. The number of hydrogen-bond acceptors (Lipinski definition) is 3. The van der Waals surface area contributed by atoms with Crippen molar-refractivity contribution in [2.75, 3.05) is 46.4 Å². The van der Waals surface area contributed by atoms with Gasteiger partial charge in [0.25, 0.3) is 0 Å². The predicted molar refractivity (Wildman–Crippen MR) is 66.6 cm³/mol. The second-order valence-electron chi connectivity index (χ2n) is 5.65. The molecule has 0 N–H and O–H groups in total. The number of fused-ring (bicyclic) bond motifs is 1. The molecule has 2 aliphatic rings. The van der Waals surface area contributed by atoms with Gasteiger partial charge < -0.3 is 14.5 Å². The smallest absolute Gasteiger partial charge is 0.0589 e. The molecule has 0 aromatic heterocycles. The van der Waals surface area contributed by atoms with Crippen molar-refractivity contribution in [2.45, 2.75) is 26.3 Å². The van der Waals surface area contributed by atoms with Crippen LogP contribution in [-0.2, 0) is 4.74 Å². The Morgan fingerprint density at radius 1 is 1.19 bits per heavy atom. The van der Waals surface area contributed by atoms with E-state index in [0.29, 0.717) is 0 Å². The van der Waals surface area contributed by atoms with Crippen LogP contribution in [0.15, 0.2) is 0 Å². The fourth-order valence-electron chi connectivity index (χ4n) is 3.13. The summed E-state index contributed by atoms with van der Waals surface area (Å²) in [4.78, 5) is 5.23. The second-order valence-corrected chi connectivity index (χ2v) is 5.65. The first-order valence-electron chi connectivity index (χ1n) is 6.66. The number of rotatable bonds is 4. The highest BCUT2D eigenvalue weighted by molar-refractivity contribution is 4.90. The molecule has 2 rings (SSSR count). The second kappa shape index (κ2) is 5.48. The van der Waals surface area contributed by atoms with E-state index in [2.05, 4.69) is 23.6 Å². The van der Waals surface area contributed by atoms with Gasteiger partial charge in [-0.25, -0.2) is 0 Å². The largest absolute Gasteiger partial charge is 0.383 e. The molecule has 2 unspecified atom stereocenters. The first-order chi connectivity index (χ1) is 7.70. The lowest BCUT2D eigenvalue weighted by Gasteiger charge is -2.34. The Bertz CT molecular complexity index is 220. The average molecular weight is 226 g/mol. The third-order valence-corrected chi connectivity index (χ3v) is 4.26. The molecule has 2 atom stereocenters. The molecule has 0 aromatic carbocycles. The van der Waals surface area contributed by atoms with Crippen LogP contribution < -0.4 is 0 Å². The van der Waals surface area contributed by atoms with E-state index < -0.39 is 0 Å². The van der Waals surface area contributed by atoms with Gasteiger partial charge in [0.05, 0.1) is 6.61 Å². The minimum Gasteiger partial charge on any atom is -0.383 e. The highest BCUT2D eigenvalue weighted by atomic mass is 16.5. The molecule has 16 heavy (non-hydrogen) atoms. The van der Waals surface area contributed by atoms with E-state index >= 15 is 0 Å². The predicted octanol–water partition coefficient (Wildman–Crippen LogP) is 1.29. The van der Waals surface area contributed by atoms with Gasteiger partial charge in [-0.05, 0) is 38.6 Å². The van der Waals surface area contributed by atoms with Crippen molar-refractivity contribution in [3.8, 4) is 0 Å². The van der Waals surface area contributed by atoms with Gasteiger partial charge in [0.15, 0.2) is 0 Å². The van der Waals surface area contributed by atoms with Crippen LogP contribution in [0.2, 0.25) is 0 Å². The topological polar surface area (TPSA) is 15.7 Å². The zero-order valence-electron chi connectivity index (χ0n) is 11.0. The molecular formula is C13H26N2O. The quantitative estimate of drug-likeness (QED) is 0.718. The fraction of sp³-hybridized carbons (Fsp3) is 1.00. The van der Waals surface area contributed by atoms with Gasteiger partial charge in [0.1, 0.15) is 0 Å². The number of piperidine rings is 1. The first-order valence-corrected chi connectivity index (χ1v) is 6.66. The summed E-state index contributed by atoms with van der Waals surface area (Å²) in [5.41, 5.74) is 0. The van der Waals surface area contributed by atoms with Crippen molar-refractivity contribution in [3.63, 3.8) is 0 Å². The summed E-state index contributed by atoms with van der Waals surface area (Å²) in [6.45, 7) is 11.8. The van der Waals surface area contributed by atoms with Crippen LogP contribution in [0.3, 0.4) is 0 Å². The summed E-state index contributed by atoms with van der Waals surface area (Å²) < 4.78 is 5.16. The van der Waals surface area contributed by atoms with Gasteiger partial charge in [0, 0.05) is 39.3 Å². The molecule has 3 nitrogen and oxygen atoms in total. The van der Waals surface area contributed by atoms with E-state index in [-0.39, 0.29) is 0 Å². The molecule has 0 spiro atoms. The molecule has 0 aromatic rings. The Balaban J connectivity index is 1.81. The van der Waals surface area contributed by atoms with Crippen molar-refractivity contribution >= 4 is 0 Å². The number of ether oxygens (including phenoxy) is 1. The number of hydrogen-bond donors (Lipinski definition) is 0. The van der Waals surface area contributed by atoms with Crippen LogP contribution in [0.25, 0.3) is 0 Å². The van der Waals surface area contributed by atoms with E-state index in [0.717, 1.165) is 31.0 Å². The Hall–Kier alpha value is -0.120. The summed E-state index contributed by atoms with van der Waals surface area (Å²) in [5, 5.41) is 0. The summed E-state index contributed by atoms with van der Waals surface area (Å²) in [5.74, 6) is 1.87. The Morgan fingerprint density at radius 3 is 2.62 bits per heavy atom. The van der Waals surface area contributed by atoms with Crippen molar-refractivity contribution < 1.29 is 4.74 Å². The Kier molecular flexibility index (Phi) is 4.22. The molecule has 2 heterocycles. The molecule has 0 amide bonds. The van der Waals surface area contributed by atoms with Crippen LogP contribution in [0.4, 0.5) is 0 Å². The van der Waals surface area contributed by atoms with Crippen LogP contribution in [-0.4, -0.2) is 62.3 Å². The molecule has 94 valence electrons. The number of nitrogens with zero attached hydrogens (tertiary/aromatic N) is 2. The van der Waals surface area contributed by atoms with E-state index in [9.17, 15) is 0 Å². The highest BCUT2D eigenvalue weighted by Crippen LogP contribution is 2.31. The van der Waals surface area contributed by atoms with Crippen LogP contribution in [0.5, 0.6) is 0 Å². The maximum atomic E-state index is 5.16. The zero-order valence-corrected chi connectivity index (χ0v) is 11.0. The summed E-state index contributed by atoms with van der Waals surface area (Å²) in [7, 11) is 1.79. The minimum atomic E-state index is 0.720. The third-order valence-electron chi connectivity index (χ3n) is 4.26. The van der Waals surface area contributed by atoms with E-state index in [4.69, 9.17) is 4.74 Å². The van der Waals surface area contributed by atoms with E-state index in [1.54, 1.807) is 7.11 Å². The van der Waals surface area contributed by atoms with Crippen LogP contribution in [0, 0.1) is 11.8 Å². The molecule has 2 aliphatic heterocycles. The fourth-order valence-corrected chi connectivity index (χ4v) is 3.13. The van der Waals surface area contributed by atoms with Gasteiger partial charge >= 0.3 is 0 Å². The first kappa shape index (κ1) is 12.3. The molecular weight excluding hydrogens is 200 g/mol. The zero-order chi connectivity index (χ0) is 11.5. The van der Waals surface area contributed by atoms with Gasteiger partial charge in [-0.15, -0.1) is 0 Å². The lowest BCUT2D eigenvalue weighted by molar-refractivity contribution is 0.102. The Morgan fingerprint density at radius 2 is 1.94 bits per heavy atom. The normalized spacial score (nSPS) is 32.2. The van der Waals surface area contributed by atoms with Crippen molar-refractivity contribution in [3.05, 3.63) is 0 Å². The van der Waals surface area contributed by atoms with Crippen molar-refractivity contribution in [1.29, 1.82) is 0 Å². The van der Waals surface area contributed by atoms with Gasteiger partial charge in [-0.3, -0.25) is 0 Å². The van der Waals surface area contributed by atoms with Gasteiger partial charge in [0.2, 0.25) is 0 Å².